The Morgan fingerprint density at radius 3 is 2.61 bits per heavy atom. The molecule has 0 saturated carbocycles. The minimum atomic E-state index is 0.743. The highest BCUT2D eigenvalue weighted by Gasteiger charge is 2.09. The molecule has 0 fully saturated rings. The molecule has 1 heterocycles. The van der Waals surface area contributed by atoms with E-state index >= 15 is 0 Å². The van der Waals surface area contributed by atoms with Crippen LogP contribution >= 0.6 is 12.6 Å². The molecule has 3 aromatic rings. The number of hydrogen-bond acceptors (Lipinski definition) is 2. The quantitative estimate of drug-likeness (QED) is 0.691. The lowest BCUT2D eigenvalue weighted by Crippen LogP contribution is -1.91. The first-order chi connectivity index (χ1) is 8.79. The molecule has 2 nitrogen and oxygen atoms in total. The van der Waals surface area contributed by atoms with E-state index < -0.39 is 0 Å². The molecule has 0 radical (unpaired) electrons. The molecule has 90 valence electrons. The zero-order chi connectivity index (χ0) is 12.5. The largest absolute Gasteiger partial charge is 0.327 e. The Hall–Kier alpha value is -1.74. The summed E-state index contributed by atoms with van der Waals surface area (Å²) >= 11 is 4.30. The summed E-state index contributed by atoms with van der Waals surface area (Å²) in [6.45, 7) is 0. The van der Waals surface area contributed by atoms with Crippen molar-refractivity contribution >= 4 is 23.7 Å². The minimum Gasteiger partial charge on any atom is -0.327 e. The molecule has 0 aliphatic rings. The summed E-state index contributed by atoms with van der Waals surface area (Å²) in [6, 6.07) is 16.6. The molecule has 1 aromatic heterocycles. The first-order valence-corrected chi connectivity index (χ1v) is 6.54. The van der Waals surface area contributed by atoms with Crippen LogP contribution in [-0.2, 0) is 12.8 Å². The van der Waals surface area contributed by atoms with Crippen LogP contribution in [0.25, 0.3) is 22.4 Å². The summed E-state index contributed by atoms with van der Waals surface area (Å²) in [4.78, 5) is 4.72. The van der Waals surface area contributed by atoms with Crippen molar-refractivity contribution in [1.82, 2.24) is 9.55 Å². The van der Waals surface area contributed by atoms with E-state index in [-0.39, 0.29) is 0 Å². The van der Waals surface area contributed by atoms with E-state index in [1.165, 1.54) is 5.56 Å². The molecule has 0 unspecified atom stereocenters. The maximum Gasteiger partial charge on any atom is 0.140 e. The third-order valence-electron chi connectivity index (χ3n) is 3.16. The van der Waals surface area contributed by atoms with Crippen molar-refractivity contribution in [2.45, 2.75) is 5.75 Å². The van der Waals surface area contributed by atoms with E-state index in [1.807, 2.05) is 18.2 Å². The number of imidazole rings is 1. The second kappa shape index (κ2) is 4.50. The number of rotatable bonds is 2. The van der Waals surface area contributed by atoms with Crippen LogP contribution < -0.4 is 0 Å². The molecule has 0 aliphatic heterocycles. The van der Waals surface area contributed by atoms with Crippen LogP contribution in [0.3, 0.4) is 0 Å². The van der Waals surface area contributed by atoms with Gasteiger partial charge in [-0.1, -0.05) is 36.4 Å². The lowest BCUT2D eigenvalue weighted by Gasteiger charge is -2.01. The Morgan fingerprint density at radius 1 is 1.11 bits per heavy atom. The standard InChI is InChI=1S/C15H14N2S/c1-17-14-8-7-11(10-18)9-13(14)16-15(17)12-5-3-2-4-6-12/h2-9,18H,10H2,1H3. The van der Waals surface area contributed by atoms with E-state index in [9.17, 15) is 0 Å². The first kappa shape index (κ1) is 11.4. The van der Waals surface area contributed by atoms with Gasteiger partial charge in [0.1, 0.15) is 5.82 Å². The molecular formula is C15H14N2S. The Kier molecular flexibility index (Phi) is 2.84. The van der Waals surface area contributed by atoms with Gasteiger partial charge in [0.15, 0.2) is 0 Å². The predicted octanol–water partition coefficient (Wildman–Crippen LogP) is 3.67. The fourth-order valence-electron chi connectivity index (χ4n) is 2.19. The molecule has 18 heavy (non-hydrogen) atoms. The van der Waals surface area contributed by atoms with Crippen molar-refractivity contribution in [3.05, 3.63) is 54.1 Å². The van der Waals surface area contributed by atoms with E-state index in [4.69, 9.17) is 4.98 Å². The average molecular weight is 254 g/mol. The van der Waals surface area contributed by atoms with Crippen molar-refractivity contribution in [2.24, 2.45) is 7.05 Å². The number of thiol groups is 1. The molecule has 0 saturated heterocycles. The molecule has 3 rings (SSSR count). The number of aromatic nitrogens is 2. The van der Waals surface area contributed by atoms with Gasteiger partial charge >= 0.3 is 0 Å². The zero-order valence-electron chi connectivity index (χ0n) is 10.2. The fourth-order valence-corrected chi connectivity index (χ4v) is 2.39. The summed E-state index contributed by atoms with van der Waals surface area (Å²) in [7, 11) is 2.05. The van der Waals surface area contributed by atoms with Crippen LogP contribution in [0.4, 0.5) is 0 Å². The van der Waals surface area contributed by atoms with Gasteiger partial charge in [0, 0.05) is 18.4 Å². The molecule has 0 N–H and O–H groups in total. The van der Waals surface area contributed by atoms with Crippen molar-refractivity contribution < 1.29 is 0 Å². The Bertz CT molecular complexity index is 686. The highest BCUT2D eigenvalue weighted by molar-refractivity contribution is 7.79. The van der Waals surface area contributed by atoms with Gasteiger partial charge in [-0.2, -0.15) is 12.6 Å². The van der Waals surface area contributed by atoms with Crippen molar-refractivity contribution in [2.75, 3.05) is 0 Å². The van der Waals surface area contributed by atoms with Gasteiger partial charge in [-0.25, -0.2) is 4.98 Å². The second-order valence-electron chi connectivity index (χ2n) is 4.34. The lowest BCUT2D eigenvalue weighted by molar-refractivity contribution is 0.959. The van der Waals surface area contributed by atoms with Gasteiger partial charge in [0.05, 0.1) is 11.0 Å². The number of benzene rings is 2. The normalized spacial score (nSPS) is 11.0. The van der Waals surface area contributed by atoms with Crippen molar-refractivity contribution in [3.8, 4) is 11.4 Å². The maximum absolute atomic E-state index is 4.72. The highest BCUT2D eigenvalue weighted by atomic mass is 32.1. The Balaban J connectivity index is 2.23. The van der Waals surface area contributed by atoms with Crippen LogP contribution in [0.2, 0.25) is 0 Å². The van der Waals surface area contributed by atoms with Crippen LogP contribution in [0.1, 0.15) is 5.56 Å². The topological polar surface area (TPSA) is 17.8 Å². The van der Waals surface area contributed by atoms with E-state index in [2.05, 4.69) is 54.6 Å². The molecule has 3 heteroatoms. The maximum atomic E-state index is 4.72. The fraction of sp³-hybridized carbons (Fsp3) is 0.133. The van der Waals surface area contributed by atoms with Crippen LogP contribution in [0, 0.1) is 0 Å². The van der Waals surface area contributed by atoms with Gasteiger partial charge < -0.3 is 4.57 Å². The molecule has 0 bridgehead atoms. The van der Waals surface area contributed by atoms with Crippen LogP contribution in [-0.4, -0.2) is 9.55 Å². The number of hydrogen-bond donors (Lipinski definition) is 1. The molecule has 0 amide bonds. The van der Waals surface area contributed by atoms with E-state index in [0.717, 1.165) is 28.2 Å². The van der Waals surface area contributed by atoms with Crippen molar-refractivity contribution in [1.29, 1.82) is 0 Å². The number of fused-ring (bicyclic) bond motifs is 1. The SMILES string of the molecule is Cn1c(-c2ccccc2)nc2cc(CS)ccc21. The van der Waals surface area contributed by atoms with Gasteiger partial charge in [-0.05, 0) is 17.7 Å². The molecule has 2 aromatic carbocycles. The summed E-state index contributed by atoms with van der Waals surface area (Å²) < 4.78 is 2.13. The van der Waals surface area contributed by atoms with E-state index in [1.54, 1.807) is 0 Å². The van der Waals surface area contributed by atoms with Gasteiger partial charge in [0.2, 0.25) is 0 Å². The minimum absolute atomic E-state index is 0.743. The first-order valence-electron chi connectivity index (χ1n) is 5.91. The molecule has 0 aliphatic carbocycles. The molecular weight excluding hydrogens is 240 g/mol. The Labute approximate surface area is 112 Å². The summed E-state index contributed by atoms with van der Waals surface area (Å²) in [6.07, 6.45) is 0. The number of aryl methyl sites for hydroxylation is 1. The van der Waals surface area contributed by atoms with Gasteiger partial charge in [-0.15, -0.1) is 0 Å². The summed E-state index contributed by atoms with van der Waals surface area (Å²) in [5.41, 5.74) is 4.52. The monoisotopic (exact) mass is 254 g/mol. The van der Waals surface area contributed by atoms with Crippen LogP contribution in [0.5, 0.6) is 0 Å². The Morgan fingerprint density at radius 2 is 1.89 bits per heavy atom. The lowest BCUT2D eigenvalue weighted by atomic mass is 10.2. The summed E-state index contributed by atoms with van der Waals surface area (Å²) in [5, 5.41) is 0. The highest BCUT2D eigenvalue weighted by Crippen LogP contribution is 2.24. The third kappa shape index (κ3) is 1.81. The van der Waals surface area contributed by atoms with E-state index in [0.29, 0.717) is 0 Å². The summed E-state index contributed by atoms with van der Waals surface area (Å²) in [5.74, 6) is 1.75. The van der Waals surface area contributed by atoms with Crippen molar-refractivity contribution in [3.63, 3.8) is 0 Å². The smallest absolute Gasteiger partial charge is 0.140 e. The van der Waals surface area contributed by atoms with Crippen LogP contribution in [0.15, 0.2) is 48.5 Å². The van der Waals surface area contributed by atoms with Gasteiger partial charge in [-0.3, -0.25) is 0 Å². The zero-order valence-corrected chi connectivity index (χ0v) is 11.1. The third-order valence-corrected chi connectivity index (χ3v) is 3.52. The molecule has 0 spiro atoms. The average Bonchev–Trinajstić information content (AvgIpc) is 2.76. The molecule has 0 atom stereocenters. The van der Waals surface area contributed by atoms with Gasteiger partial charge in [0.25, 0.3) is 0 Å². The number of nitrogens with zero attached hydrogens (tertiary/aromatic N) is 2. The predicted molar refractivity (Wildman–Crippen MR) is 78.8 cm³/mol. The second-order valence-corrected chi connectivity index (χ2v) is 4.66.